The summed E-state index contributed by atoms with van der Waals surface area (Å²) in [5, 5.41) is 12.7. The van der Waals surface area contributed by atoms with E-state index < -0.39 is 0 Å². The Bertz CT molecular complexity index is 388. The standard InChI is InChI=1S/C16H27NO4/c1-5-16(12-18,17-2)10-7-11-21-15-13(19-3)8-6-9-14(15)20-4/h6,8-9,17-18H,5,7,10-12H2,1-4H3. The van der Waals surface area contributed by atoms with Crippen molar-refractivity contribution in [1.82, 2.24) is 5.32 Å². The van der Waals surface area contributed by atoms with E-state index in [1.165, 1.54) is 0 Å². The second-order valence-electron chi connectivity index (χ2n) is 4.99. The molecule has 0 amide bonds. The molecule has 0 heterocycles. The van der Waals surface area contributed by atoms with Crippen molar-refractivity contribution in [2.75, 3.05) is 34.5 Å². The summed E-state index contributed by atoms with van der Waals surface area (Å²) in [7, 11) is 5.09. The van der Waals surface area contributed by atoms with Crippen LogP contribution < -0.4 is 19.5 Å². The zero-order chi connectivity index (χ0) is 15.7. The maximum absolute atomic E-state index is 9.51. The number of rotatable bonds is 10. The highest BCUT2D eigenvalue weighted by Crippen LogP contribution is 2.36. The zero-order valence-corrected chi connectivity index (χ0v) is 13.4. The number of hydrogen-bond acceptors (Lipinski definition) is 5. The van der Waals surface area contributed by atoms with Crippen molar-refractivity contribution in [2.45, 2.75) is 31.7 Å². The molecule has 120 valence electrons. The molecule has 0 fully saturated rings. The first kappa shape index (κ1) is 17.6. The van der Waals surface area contributed by atoms with E-state index in [9.17, 15) is 5.11 Å². The molecule has 0 saturated carbocycles. The Hall–Kier alpha value is -1.46. The van der Waals surface area contributed by atoms with Gasteiger partial charge >= 0.3 is 0 Å². The van der Waals surface area contributed by atoms with E-state index in [2.05, 4.69) is 12.2 Å². The SMILES string of the molecule is CCC(CO)(CCCOc1c(OC)cccc1OC)NC. The highest BCUT2D eigenvalue weighted by molar-refractivity contribution is 5.51. The van der Waals surface area contributed by atoms with Crippen LogP contribution in [0.5, 0.6) is 17.2 Å². The van der Waals surface area contributed by atoms with E-state index in [1.54, 1.807) is 14.2 Å². The van der Waals surface area contributed by atoms with Crippen LogP contribution in [0.4, 0.5) is 0 Å². The first-order chi connectivity index (χ1) is 10.2. The van der Waals surface area contributed by atoms with E-state index in [4.69, 9.17) is 14.2 Å². The molecular formula is C16H27NO4. The number of para-hydroxylation sites is 1. The average Bonchev–Trinajstić information content (AvgIpc) is 2.55. The van der Waals surface area contributed by atoms with Gasteiger partial charge in [-0.25, -0.2) is 0 Å². The number of aliphatic hydroxyl groups is 1. The van der Waals surface area contributed by atoms with Crippen molar-refractivity contribution in [3.8, 4) is 17.2 Å². The molecule has 0 aliphatic heterocycles. The minimum atomic E-state index is -0.228. The summed E-state index contributed by atoms with van der Waals surface area (Å²) in [6.45, 7) is 2.73. The van der Waals surface area contributed by atoms with E-state index in [0.29, 0.717) is 23.9 Å². The molecule has 1 aromatic carbocycles. The van der Waals surface area contributed by atoms with Gasteiger partial charge < -0.3 is 24.6 Å². The number of methoxy groups -OCH3 is 2. The van der Waals surface area contributed by atoms with Gasteiger partial charge in [-0.2, -0.15) is 0 Å². The topological polar surface area (TPSA) is 60.0 Å². The lowest BCUT2D eigenvalue weighted by molar-refractivity contribution is 0.144. The van der Waals surface area contributed by atoms with Crippen LogP contribution in [0, 0.1) is 0 Å². The van der Waals surface area contributed by atoms with Gasteiger partial charge in [0, 0.05) is 5.54 Å². The Morgan fingerprint density at radius 1 is 1.19 bits per heavy atom. The van der Waals surface area contributed by atoms with Gasteiger partial charge in [0.25, 0.3) is 0 Å². The number of ether oxygens (including phenoxy) is 3. The summed E-state index contributed by atoms with van der Waals surface area (Å²) in [6, 6.07) is 5.55. The van der Waals surface area contributed by atoms with Gasteiger partial charge in [-0.05, 0) is 38.4 Å². The van der Waals surface area contributed by atoms with Crippen LogP contribution in [0.1, 0.15) is 26.2 Å². The summed E-state index contributed by atoms with van der Waals surface area (Å²) >= 11 is 0. The third-order valence-corrected chi connectivity index (χ3v) is 3.94. The normalized spacial score (nSPS) is 13.6. The Kier molecular flexibility index (Phi) is 7.32. The molecule has 0 aromatic heterocycles. The predicted octanol–water partition coefficient (Wildman–Crippen LogP) is 2.22. The molecule has 0 saturated heterocycles. The van der Waals surface area contributed by atoms with Crippen LogP contribution in [0.2, 0.25) is 0 Å². The lowest BCUT2D eigenvalue weighted by Crippen LogP contribution is -2.46. The minimum Gasteiger partial charge on any atom is -0.493 e. The monoisotopic (exact) mass is 297 g/mol. The van der Waals surface area contributed by atoms with Crippen molar-refractivity contribution < 1.29 is 19.3 Å². The maximum atomic E-state index is 9.51. The molecule has 0 aliphatic carbocycles. The molecule has 1 atom stereocenters. The fourth-order valence-corrected chi connectivity index (χ4v) is 2.29. The van der Waals surface area contributed by atoms with Crippen LogP contribution in [-0.4, -0.2) is 45.1 Å². The van der Waals surface area contributed by atoms with Gasteiger partial charge in [-0.15, -0.1) is 0 Å². The Balaban J connectivity index is 2.60. The van der Waals surface area contributed by atoms with E-state index in [0.717, 1.165) is 19.3 Å². The summed E-state index contributed by atoms with van der Waals surface area (Å²) in [5.74, 6) is 1.94. The predicted molar refractivity (Wildman–Crippen MR) is 83.4 cm³/mol. The van der Waals surface area contributed by atoms with E-state index in [1.807, 2.05) is 25.2 Å². The number of benzene rings is 1. The fraction of sp³-hybridized carbons (Fsp3) is 0.625. The Morgan fingerprint density at radius 3 is 2.24 bits per heavy atom. The van der Waals surface area contributed by atoms with Crippen molar-refractivity contribution in [2.24, 2.45) is 0 Å². The van der Waals surface area contributed by atoms with Crippen molar-refractivity contribution in [3.63, 3.8) is 0 Å². The quantitative estimate of drug-likeness (QED) is 0.649. The molecule has 5 nitrogen and oxygen atoms in total. The van der Waals surface area contributed by atoms with Gasteiger partial charge in [-0.1, -0.05) is 13.0 Å². The summed E-state index contributed by atoms with van der Waals surface area (Å²) in [6.07, 6.45) is 2.54. The lowest BCUT2D eigenvalue weighted by Gasteiger charge is -2.30. The van der Waals surface area contributed by atoms with Crippen LogP contribution in [-0.2, 0) is 0 Å². The molecule has 2 N–H and O–H groups in total. The van der Waals surface area contributed by atoms with Gasteiger partial charge in [0.1, 0.15) is 0 Å². The zero-order valence-electron chi connectivity index (χ0n) is 13.4. The summed E-state index contributed by atoms with van der Waals surface area (Å²) < 4.78 is 16.4. The number of hydrogen-bond donors (Lipinski definition) is 2. The summed E-state index contributed by atoms with van der Waals surface area (Å²) in [4.78, 5) is 0. The molecule has 1 aromatic rings. The van der Waals surface area contributed by atoms with Crippen molar-refractivity contribution in [1.29, 1.82) is 0 Å². The molecular weight excluding hydrogens is 270 g/mol. The second-order valence-corrected chi connectivity index (χ2v) is 4.99. The third-order valence-electron chi connectivity index (χ3n) is 3.94. The third kappa shape index (κ3) is 4.51. The van der Waals surface area contributed by atoms with Gasteiger partial charge in [0.15, 0.2) is 11.5 Å². The van der Waals surface area contributed by atoms with Crippen LogP contribution in [0.15, 0.2) is 18.2 Å². The second kappa shape index (κ2) is 8.74. The van der Waals surface area contributed by atoms with Crippen molar-refractivity contribution in [3.05, 3.63) is 18.2 Å². The molecule has 0 radical (unpaired) electrons. The molecule has 0 aliphatic rings. The molecule has 5 heteroatoms. The smallest absolute Gasteiger partial charge is 0.203 e. The maximum Gasteiger partial charge on any atom is 0.203 e. The van der Waals surface area contributed by atoms with Gasteiger partial charge in [0.05, 0.1) is 27.4 Å². The Labute approximate surface area is 127 Å². The van der Waals surface area contributed by atoms with Gasteiger partial charge in [-0.3, -0.25) is 0 Å². The molecule has 0 bridgehead atoms. The Morgan fingerprint density at radius 2 is 1.81 bits per heavy atom. The van der Waals surface area contributed by atoms with Crippen LogP contribution >= 0.6 is 0 Å². The number of aliphatic hydroxyl groups excluding tert-OH is 1. The van der Waals surface area contributed by atoms with Crippen molar-refractivity contribution >= 4 is 0 Å². The van der Waals surface area contributed by atoms with Crippen LogP contribution in [0.25, 0.3) is 0 Å². The number of likely N-dealkylation sites (N-methyl/N-ethyl adjacent to an activating group) is 1. The fourth-order valence-electron chi connectivity index (χ4n) is 2.29. The largest absolute Gasteiger partial charge is 0.493 e. The van der Waals surface area contributed by atoms with E-state index in [-0.39, 0.29) is 12.1 Å². The molecule has 21 heavy (non-hydrogen) atoms. The summed E-state index contributed by atoms with van der Waals surface area (Å²) in [5.41, 5.74) is -0.228. The van der Waals surface area contributed by atoms with Gasteiger partial charge in [0.2, 0.25) is 5.75 Å². The highest BCUT2D eigenvalue weighted by atomic mass is 16.5. The first-order valence-electron chi connectivity index (χ1n) is 7.30. The molecule has 1 rings (SSSR count). The number of nitrogens with one attached hydrogen (secondary N) is 1. The van der Waals surface area contributed by atoms with Crippen LogP contribution in [0.3, 0.4) is 0 Å². The van der Waals surface area contributed by atoms with E-state index >= 15 is 0 Å². The highest BCUT2D eigenvalue weighted by Gasteiger charge is 2.24. The average molecular weight is 297 g/mol. The molecule has 1 unspecified atom stereocenters. The minimum absolute atomic E-state index is 0.123. The molecule has 0 spiro atoms. The first-order valence-corrected chi connectivity index (χ1v) is 7.30. The lowest BCUT2D eigenvalue weighted by atomic mass is 9.92.